The predicted octanol–water partition coefficient (Wildman–Crippen LogP) is 4.41. The summed E-state index contributed by atoms with van der Waals surface area (Å²) in [5.41, 5.74) is 0.594. The molecule has 0 aromatic heterocycles. The summed E-state index contributed by atoms with van der Waals surface area (Å²) in [6.07, 6.45) is 0. The number of nitrogens with one attached hydrogen (secondary N) is 1. The van der Waals surface area contributed by atoms with E-state index in [1.165, 1.54) is 0 Å². The van der Waals surface area contributed by atoms with Crippen LogP contribution in [0.1, 0.15) is 10.4 Å². The maximum absolute atomic E-state index is 12.0. The van der Waals surface area contributed by atoms with Gasteiger partial charge in [-0.05, 0) is 39.5 Å². The zero-order chi connectivity index (χ0) is 17.5. The third kappa shape index (κ3) is 4.40. The molecule has 0 unspecified atom stereocenters. The Hall–Kier alpha value is -2.77. The van der Waals surface area contributed by atoms with Crippen LogP contribution in [0.4, 0.5) is 0 Å². The van der Waals surface area contributed by atoms with Crippen molar-refractivity contribution in [3.05, 3.63) is 76.8 Å². The van der Waals surface area contributed by atoms with E-state index in [0.717, 1.165) is 21.0 Å². The summed E-state index contributed by atoms with van der Waals surface area (Å²) in [6.45, 7) is 0.554. The third-order valence-corrected chi connectivity index (χ3v) is 4.32. The summed E-state index contributed by atoms with van der Waals surface area (Å²) in [5.74, 6) is 6.48. The first-order valence-electron chi connectivity index (χ1n) is 7.85. The van der Waals surface area contributed by atoms with Crippen molar-refractivity contribution < 1.29 is 9.53 Å². The molecule has 3 aromatic carbocycles. The van der Waals surface area contributed by atoms with Crippen LogP contribution in [0.25, 0.3) is 10.8 Å². The Morgan fingerprint density at radius 2 is 1.72 bits per heavy atom. The molecule has 0 saturated carbocycles. The molecule has 0 bridgehead atoms. The first-order valence-corrected chi connectivity index (χ1v) is 8.64. The number of halogens is 1. The quantitative estimate of drug-likeness (QED) is 0.666. The van der Waals surface area contributed by atoms with Gasteiger partial charge in [-0.1, -0.05) is 60.4 Å². The van der Waals surface area contributed by atoms with E-state index < -0.39 is 0 Å². The van der Waals surface area contributed by atoms with Crippen LogP contribution in [-0.2, 0) is 0 Å². The standard InChI is InChI=1S/C21H16BrNO2/c22-19-12-4-3-11-18(19)21(24)23-14-5-6-15-25-20-13-7-9-16-8-1-2-10-17(16)20/h1-4,7-13H,14-15H2,(H,23,24). The molecule has 0 aliphatic carbocycles. The zero-order valence-electron chi connectivity index (χ0n) is 13.5. The van der Waals surface area contributed by atoms with Crippen molar-refractivity contribution in [2.45, 2.75) is 0 Å². The third-order valence-electron chi connectivity index (χ3n) is 3.63. The summed E-state index contributed by atoms with van der Waals surface area (Å²) in [7, 11) is 0. The molecule has 0 saturated heterocycles. The van der Waals surface area contributed by atoms with Crippen LogP contribution in [0, 0.1) is 11.8 Å². The Morgan fingerprint density at radius 1 is 0.960 bits per heavy atom. The van der Waals surface area contributed by atoms with Gasteiger partial charge in [0.05, 0.1) is 12.1 Å². The number of ether oxygens (including phenoxy) is 1. The molecular formula is C21H16BrNO2. The Bertz CT molecular complexity index is 951. The molecule has 3 nitrogen and oxygen atoms in total. The van der Waals surface area contributed by atoms with Gasteiger partial charge in [0, 0.05) is 9.86 Å². The lowest BCUT2D eigenvalue weighted by Gasteiger charge is -2.06. The fourth-order valence-corrected chi connectivity index (χ4v) is 2.88. The maximum atomic E-state index is 12.0. The van der Waals surface area contributed by atoms with Crippen LogP contribution in [-0.4, -0.2) is 19.1 Å². The van der Waals surface area contributed by atoms with Gasteiger partial charge in [-0.15, -0.1) is 0 Å². The first kappa shape index (κ1) is 17.1. The van der Waals surface area contributed by atoms with Crippen LogP contribution in [0.3, 0.4) is 0 Å². The molecule has 3 aromatic rings. The topological polar surface area (TPSA) is 38.3 Å². The predicted molar refractivity (Wildman–Crippen MR) is 104 cm³/mol. The van der Waals surface area contributed by atoms with Gasteiger partial charge in [0.1, 0.15) is 12.4 Å². The van der Waals surface area contributed by atoms with Crippen LogP contribution in [0.15, 0.2) is 71.2 Å². The second kappa shape index (κ2) is 8.36. The zero-order valence-corrected chi connectivity index (χ0v) is 15.0. The number of carbonyl (C=O) groups is 1. The minimum atomic E-state index is -0.156. The molecule has 4 heteroatoms. The molecule has 0 fully saturated rings. The molecule has 3 rings (SSSR count). The SMILES string of the molecule is O=C(NCC#CCOc1cccc2ccccc12)c1ccccc1Br. The lowest BCUT2D eigenvalue weighted by Crippen LogP contribution is -2.23. The van der Waals surface area contributed by atoms with E-state index in [1.54, 1.807) is 6.07 Å². The molecule has 124 valence electrons. The lowest BCUT2D eigenvalue weighted by molar-refractivity contribution is 0.0958. The molecule has 1 N–H and O–H groups in total. The van der Waals surface area contributed by atoms with E-state index in [9.17, 15) is 4.79 Å². The average molecular weight is 394 g/mol. The summed E-state index contributed by atoms with van der Waals surface area (Å²) < 4.78 is 6.50. The molecule has 0 spiro atoms. The Labute approximate surface area is 155 Å². The van der Waals surface area contributed by atoms with Crippen molar-refractivity contribution in [1.29, 1.82) is 0 Å². The monoisotopic (exact) mass is 393 g/mol. The van der Waals surface area contributed by atoms with Crippen LogP contribution in [0.5, 0.6) is 5.75 Å². The van der Waals surface area contributed by atoms with Gasteiger partial charge in [-0.2, -0.15) is 0 Å². The van der Waals surface area contributed by atoms with Gasteiger partial charge in [0.15, 0.2) is 0 Å². The van der Waals surface area contributed by atoms with E-state index >= 15 is 0 Å². The smallest absolute Gasteiger partial charge is 0.253 e. The summed E-state index contributed by atoms with van der Waals surface area (Å²) in [4.78, 5) is 12.0. The highest BCUT2D eigenvalue weighted by molar-refractivity contribution is 9.10. The van der Waals surface area contributed by atoms with Gasteiger partial charge in [-0.25, -0.2) is 0 Å². The summed E-state index contributed by atoms with van der Waals surface area (Å²) >= 11 is 3.36. The fourth-order valence-electron chi connectivity index (χ4n) is 2.41. The van der Waals surface area contributed by atoms with Crippen LogP contribution >= 0.6 is 15.9 Å². The minimum absolute atomic E-state index is 0.156. The molecule has 1 amide bonds. The minimum Gasteiger partial charge on any atom is -0.480 e. The van der Waals surface area contributed by atoms with Crippen molar-refractivity contribution in [2.24, 2.45) is 0 Å². The largest absolute Gasteiger partial charge is 0.480 e. The molecule has 0 radical (unpaired) electrons. The summed E-state index contributed by atoms with van der Waals surface area (Å²) in [6, 6.07) is 21.3. The number of benzene rings is 3. The van der Waals surface area contributed by atoms with Gasteiger partial charge in [0.25, 0.3) is 5.91 Å². The van der Waals surface area contributed by atoms with Crippen molar-refractivity contribution >= 4 is 32.6 Å². The maximum Gasteiger partial charge on any atom is 0.253 e. The van der Waals surface area contributed by atoms with Gasteiger partial charge in [0.2, 0.25) is 0 Å². The highest BCUT2D eigenvalue weighted by atomic mass is 79.9. The van der Waals surface area contributed by atoms with Crippen molar-refractivity contribution in [3.63, 3.8) is 0 Å². The lowest BCUT2D eigenvalue weighted by atomic mass is 10.1. The fraction of sp³-hybridized carbons (Fsp3) is 0.0952. The molecular weight excluding hydrogens is 378 g/mol. The number of carbonyl (C=O) groups excluding carboxylic acids is 1. The number of amides is 1. The summed E-state index contributed by atoms with van der Waals surface area (Å²) in [5, 5.41) is 4.97. The van der Waals surface area contributed by atoms with Crippen molar-refractivity contribution in [1.82, 2.24) is 5.32 Å². The highest BCUT2D eigenvalue weighted by Crippen LogP contribution is 2.24. The van der Waals surface area contributed by atoms with Gasteiger partial charge >= 0.3 is 0 Å². The normalized spacial score (nSPS) is 9.96. The second-order valence-corrected chi connectivity index (χ2v) is 6.14. The van der Waals surface area contributed by atoms with Crippen molar-refractivity contribution in [2.75, 3.05) is 13.2 Å². The number of hydrogen-bond donors (Lipinski definition) is 1. The van der Waals surface area contributed by atoms with Gasteiger partial charge < -0.3 is 10.1 Å². The van der Waals surface area contributed by atoms with Gasteiger partial charge in [-0.3, -0.25) is 4.79 Å². The molecule has 0 aliphatic rings. The van der Waals surface area contributed by atoms with E-state index in [1.807, 2.05) is 60.7 Å². The Kier molecular flexibility index (Phi) is 5.71. The molecule has 0 heterocycles. The molecule has 25 heavy (non-hydrogen) atoms. The van der Waals surface area contributed by atoms with Crippen LogP contribution in [0.2, 0.25) is 0 Å². The number of fused-ring (bicyclic) bond motifs is 1. The van der Waals surface area contributed by atoms with E-state index in [0.29, 0.717) is 5.56 Å². The average Bonchev–Trinajstić information content (AvgIpc) is 2.65. The van der Waals surface area contributed by atoms with Crippen LogP contribution < -0.4 is 10.1 Å². The Morgan fingerprint density at radius 3 is 2.60 bits per heavy atom. The molecule has 0 aliphatic heterocycles. The van der Waals surface area contributed by atoms with E-state index in [2.05, 4.69) is 33.1 Å². The highest BCUT2D eigenvalue weighted by Gasteiger charge is 2.07. The van der Waals surface area contributed by atoms with E-state index in [4.69, 9.17) is 4.74 Å². The molecule has 0 atom stereocenters. The first-order chi connectivity index (χ1) is 12.3. The number of hydrogen-bond acceptors (Lipinski definition) is 2. The van der Waals surface area contributed by atoms with Crippen molar-refractivity contribution in [3.8, 4) is 17.6 Å². The Balaban J connectivity index is 1.52. The number of rotatable bonds is 4. The second-order valence-electron chi connectivity index (χ2n) is 5.28. The van der Waals surface area contributed by atoms with E-state index in [-0.39, 0.29) is 19.1 Å².